The Morgan fingerprint density at radius 1 is 1.24 bits per heavy atom. The molecular formula is C19H13Cl2N3S. The van der Waals surface area contributed by atoms with E-state index in [2.05, 4.69) is 16.4 Å². The third-order valence-electron chi connectivity index (χ3n) is 3.58. The number of nitrogens with one attached hydrogen (secondary N) is 1. The molecule has 0 aliphatic heterocycles. The zero-order valence-electron chi connectivity index (χ0n) is 13.3. The third-order valence-corrected chi connectivity index (χ3v) is 5.00. The van der Waals surface area contributed by atoms with Crippen LogP contribution in [0.1, 0.15) is 10.6 Å². The number of rotatable bonds is 4. The monoisotopic (exact) mass is 385 g/mol. The molecule has 0 unspecified atom stereocenters. The van der Waals surface area contributed by atoms with Gasteiger partial charge in [0.05, 0.1) is 10.7 Å². The fraction of sp³-hybridized carbons (Fsp3) is 0.0526. The first-order valence-corrected chi connectivity index (χ1v) is 9.06. The van der Waals surface area contributed by atoms with Crippen LogP contribution in [0.15, 0.2) is 54.0 Å². The lowest BCUT2D eigenvalue weighted by Crippen LogP contribution is -1.93. The molecule has 6 heteroatoms. The van der Waals surface area contributed by atoms with Crippen LogP contribution in [-0.2, 0) is 0 Å². The molecule has 3 aromatic rings. The van der Waals surface area contributed by atoms with E-state index in [1.54, 1.807) is 18.3 Å². The molecule has 25 heavy (non-hydrogen) atoms. The summed E-state index contributed by atoms with van der Waals surface area (Å²) in [5.74, 6) is 0. The maximum atomic E-state index is 9.46. The summed E-state index contributed by atoms with van der Waals surface area (Å²) in [6.07, 6.45) is 1.68. The molecular weight excluding hydrogens is 373 g/mol. The minimum atomic E-state index is 0.463. The maximum absolute atomic E-state index is 9.46. The Morgan fingerprint density at radius 3 is 2.76 bits per heavy atom. The van der Waals surface area contributed by atoms with Gasteiger partial charge in [0, 0.05) is 27.9 Å². The smallest absolute Gasteiger partial charge is 0.136 e. The maximum Gasteiger partial charge on any atom is 0.136 e. The zero-order valence-corrected chi connectivity index (χ0v) is 15.6. The number of benzene rings is 2. The van der Waals surface area contributed by atoms with Crippen molar-refractivity contribution in [3.8, 4) is 17.3 Å². The van der Waals surface area contributed by atoms with E-state index in [9.17, 15) is 5.26 Å². The fourth-order valence-corrected chi connectivity index (χ4v) is 3.54. The van der Waals surface area contributed by atoms with Crippen LogP contribution >= 0.6 is 34.5 Å². The largest absolute Gasteiger partial charge is 0.360 e. The molecule has 1 N–H and O–H groups in total. The first-order valence-electron chi connectivity index (χ1n) is 7.42. The molecule has 1 heterocycles. The molecule has 124 valence electrons. The molecule has 2 aromatic carbocycles. The van der Waals surface area contributed by atoms with Crippen LogP contribution in [0.4, 0.5) is 5.69 Å². The Hall–Kier alpha value is -2.32. The second kappa shape index (κ2) is 7.71. The Labute approximate surface area is 160 Å². The predicted octanol–water partition coefficient (Wildman–Crippen LogP) is 6.40. The number of allylic oxidation sites excluding steroid dienone is 1. The molecule has 0 fully saturated rings. The van der Waals surface area contributed by atoms with Crippen molar-refractivity contribution in [2.45, 2.75) is 6.92 Å². The van der Waals surface area contributed by atoms with E-state index in [4.69, 9.17) is 23.2 Å². The van der Waals surface area contributed by atoms with Gasteiger partial charge in [-0.25, -0.2) is 4.98 Å². The summed E-state index contributed by atoms with van der Waals surface area (Å²) in [7, 11) is 0. The van der Waals surface area contributed by atoms with Crippen LogP contribution in [0.3, 0.4) is 0 Å². The highest BCUT2D eigenvalue weighted by Gasteiger charge is 2.11. The van der Waals surface area contributed by atoms with Gasteiger partial charge in [-0.15, -0.1) is 11.3 Å². The molecule has 0 atom stereocenters. The van der Waals surface area contributed by atoms with Crippen LogP contribution in [-0.4, -0.2) is 4.98 Å². The molecule has 3 rings (SSSR count). The van der Waals surface area contributed by atoms with Crippen molar-refractivity contribution in [3.63, 3.8) is 0 Å². The first kappa shape index (κ1) is 17.5. The first-order chi connectivity index (χ1) is 12.1. The highest BCUT2D eigenvalue weighted by Crippen LogP contribution is 2.32. The number of nitriles is 1. The van der Waals surface area contributed by atoms with Gasteiger partial charge in [0.25, 0.3) is 0 Å². The lowest BCUT2D eigenvalue weighted by molar-refractivity contribution is 1.36. The van der Waals surface area contributed by atoms with Crippen molar-refractivity contribution in [2.24, 2.45) is 0 Å². The Morgan fingerprint density at radius 2 is 2.04 bits per heavy atom. The Kier molecular flexibility index (Phi) is 5.40. The Bertz CT molecular complexity index is 986. The molecule has 0 aliphatic rings. The van der Waals surface area contributed by atoms with E-state index in [0.717, 1.165) is 22.5 Å². The van der Waals surface area contributed by atoms with Gasteiger partial charge in [-0.2, -0.15) is 5.26 Å². The minimum Gasteiger partial charge on any atom is -0.360 e. The topological polar surface area (TPSA) is 48.7 Å². The SMILES string of the molecule is Cc1ccccc1N/C=C(\C#N)c1nc(-c2ccc(Cl)cc2Cl)cs1. The molecule has 1 aromatic heterocycles. The van der Waals surface area contributed by atoms with Gasteiger partial charge < -0.3 is 5.32 Å². The van der Waals surface area contributed by atoms with Crippen molar-refractivity contribution < 1.29 is 0 Å². The fourth-order valence-electron chi connectivity index (χ4n) is 2.24. The summed E-state index contributed by atoms with van der Waals surface area (Å²) >= 11 is 13.6. The van der Waals surface area contributed by atoms with Crippen LogP contribution in [0.25, 0.3) is 16.8 Å². The van der Waals surface area contributed by atoms with Crippen molar-refractivity contribution in [1.29, 1.82) is 5.26 Å². The summed E-state index contributed by atoms with van der Waals surface area (Å²) in [6, 6.07) is 15.3. The summed E-state index contributed by atoms with van der Waals surface area (Å²) in [6.45, 7) is 2.01. The van der Waals surface area contributed by atoms with Crippen LogP contribution in [0, 0.1) is 18.3 Å². The zero-order chi connectivity index (χ0) is 17.8. The van der Waals surface area contributed by atoms with Crippen LogP contribution < -0.4 is 5.32 Å². The lowest BCUT2D eigenvalue weighted by Gasteiger charge is -2.04. The number of aromatic nitrogens is 1. The van der Waals surface area contributed by atoms with E-state index in [1.165, 1.54) is 11.3 Å². The molecule has 0 saturated heterocycles. The van der Waals surface area contributed by atoms with Gasteiger partial charge in [0.1, 0.15) is 16.6 Å². The van der Waals surface area contributed by atoms with Gasteiger partial charge in [-0.1, -0.05) is 41.4 Å². The second-order valence-electron chi connectivity index (χ2n) is 5.29. The van der Waals surface area contributed by atoms with Gasteiger partial charge in [-0.05, 0) is 36.8 Å². The number of hydrogen-bond acceptors (Lipinski definition) is 4. The second-order valence-corrected chi connectivity index (χ2v) is 6.99. The molecule has 0 saturated carbocycles. The van der Waals surface area contributed by atoms with E-state index >= 15 is 0 Å². The summed E-state index contributed by atoms with van der Waals surface area (Å²) < 4.78 is 0. The highest BCUT2D eigenvalue weighted by atomic mass is 35.5. The average Bonchev–Trinajstić information content (AvgIpc) is 3.06. The molecule has 0 spiro atoms. The number of anilines is 1. The standard InChI is InChI=1S/C19H13Cl2N3S/c1-12-4-2-3-5-17(12)23-10-13(9-22)19-24-18(11-25-19)15-7-6-14(20)8-16(15)21/h2-8,10-11,23H,1H3/b13-10+. The number of nitrogens with zero attached hydrogens (tertiary/aromatic N) is 2. The van der Waals surface area contributed by atoms with Gasteiger partial charge in [-0.3, -0.25) is 0 Å². The Balaban J connectivity index is 1.88. The van der Waals surface area contributed by atoms with Crippen LogP contribution in [0.5, 0.6) is 0 Å². The molecule has 0 radical (unpaired) electrons. The van der Waals surface area contributed by atoms with E-state index in [-0.39, 0.29) is 0 Å². The third kappa shape index (κ3) is 4.02. The average molecular weight is 386 g/mol. The summed E-state index contributed by atoms with van der Waals surface area (Å²) in [4.78, 5) is 4.54. The molecule has 0 amide bonds. The van der Waals surface area contributed by atoms with Crippen molar-refractivity contribution in [3.05, 3.63) is 74.7 Å². The molecule has 0 bridgehead atoms. The number of hydrogen-bond donors (Lipinski definition) is 1. The summed E-state index contributed by atoms with van der Waals surface area (Å²) in [5, 5.41) is 16.2. The van der Waals surface area contributed by atoms with E-state index in [0.29, 0.717) is 20.6 Å². The van der Waals surface area contributed by atoms with Crippen molar-refractivity contribution in [1.82, 2.24) is 4.98 Å². The normalized spacial score (nSPS) is 11.2. The number of halogens is 2. The predicted molar refractivity (Wildman–Crippen MR) is 106 cm³/mol. The number of aryl methyl sites for hydroxylation is 1. The van der Waals surface area contributed by atoms with Gasteiger partial charge >= 0.3 is 0 Å². The quantitative estimate of drug-likeness (QED) is 0.528. The molecule has 3 nitrogen and oxygen atoms in total. The number of para-hydroxylation sites is 1. The minimum absolute atomic E-state index is 0.463. The van der Waals surface area contributed by atoms with Gasteiger partial charge in [0.15, 0.2) is 0 Å². The summed E-state index contributed by atoms with van der Waals surface area (Å²) in [5.41, 5.74) is 4.03. The molecule has 0 aliphatic carbocycles. The van der Waals surface area contributed by atoms with E-state index < -0.39 is 0 Å². The van der Waals surface area contributed by atoms with Gasteiger partial charge in [0.2, 0.25) is 0 Å². The lowest BCUT2D eigenvalue weighted by atomic mass is 10.2. The van der Waals surface area contributed by atoms with Crippen LogP contribution in [0.2, 0.25) is 10.0 Å². The highest BCUT2D eigenvalue weighted by molar-refractivity contribution is 7.11. The van der Waals surface area contributed by atoms with E-state index in [1.807, 2.05) is 42.6 Å². The number of thiazole rings is 1. The van der Waals surface area contributed by atoms with Crippen molar-refractivity contribution >= 4 is 45.8 Å². The van der Waals surface area contributed by atoms with Crippen molar-refractivity contribution in [2.75, 3.05) is 5.32 Å².